The third-order valence-corrected chi connectivity index (χ3v) is 7.21. The van der Waals surface area contributed by atoms with Crippen molar-refractivity contribution in [3.63, 3.8) is 0 Å². The lowest BCUT2D eigenvalue weighted by molar-refractivity contribution is -0.120. The Bertz CT molecular complexity index is 1470. The molecule has 2 aromatic carbocycles. The van der Waals surface area contributed by atoms with E-state index in [1.165, 1.54) is 26.4 Å². The molecule has 42 heavy (non-hydrogen) atoms. The van der Waals surface area contributed by atoms with Crippen LogP contribution in [0.2, 0.25) is 0 Å². The number of carbonyl (C=O) groups is 1. The van der Waals surface area contributed by atoms with E-state index in [2.05, 4.69) is 10.6 Å². The smallest absolute Gasteiger partial charge is 0.257 e. The topological polar surface area (TPSA) is 97.2 Å². The van der Waals surface area contributed by atoms with Crippen LogP contribution in [0.1, 0.15) is 35.7 Å². The van der Waals surface area contributed by atoms with Gasteiger partial charge in [0.15, 0.2) is 11.5 Å². The van der Waals surface area contributed by atoms with Gasteiger partial charge < -0.3 is 34.1 Å². The van der Waals surface area contributed by atoms with Crippen molar-refractivity contribution >= 4 is 23.1 Å². The second-order valence-electron chi connectivity index (χ2n) is 10.4. The fraction of sp³-hybridized carbons (Fsp3) is 0.344. The Labute approximate surface area is 246 Å². The molecule has 1 heterocycles. The van der Waals surface area contributed by atoms with Crippen molar-refractivity contribution in [3.8, 4) is 17.2 Å². The summed E-state index contributed by atoms with van der Waals surface area (Å²) in [5.41, 5.74) is 5.76. The number of nitrogens with one attached hydrogen (secondary N) is 2. The van der Waals surface area contributed by atoms with Gasteiger partial charge in [0.25, 0.3) is 6.41 Å². The van der Waals surface area contributed by atoms with Gasteiger partial charge in [-0.25, -0.2) is 4.39 Å². The van der Waals surface area contributed by atoms with E-state index in [1.54, 1.807) is 18.2 Å². The summed E-state index contributed by atoms with van der Waals surface area (Å²) in [6.45, 7) is 3.57. The molecule has 9 nitrogen and oxygen atoms in total. The number of nitrogens with zero attached hydrogens (tertiary/aromatic N) is 2. The number of hydrogen-bond acceptors (Lipinski definition) is 7. The number of fused-ring (bicyclic) bond motifs is 1. The van der Waals surface area contributed by atoms with E-state index in [1.807, 2.05) is 61.9 Å². The van der Waals surface area contributed by atoms with E-state index in [4.69, 9.17) is 14.2 Å². The number of aliphatic hydroxyl groups excluding tert-OH is 1. The number of aryl methyl sites for hydroxylation is 1. The number of amides is 1. The summed E-state index contributed by atoms with van der Waals surface area (Å²) in [4.78, 5) is 14.9. The minimum Gasteiger partial charge on any atom is -0.493 e. The quantitative estimate of drug-likeness (QED) is 0.264. The maximum atomic E-state index is 14.4. The van der Waals surface area contributed by atoms with Gasteiger partial charge in [-0.05, 0) is 96.9 Å². The van der Waals surface area contributed by atoms with Gasteiger partial charge in [0.05, 0.1) is 27.2 Å². The number of halogens is 1. The molecule has 0 bridgehead atoms. The number of methoxy groups -OCH3 is 2. The number of benzene rings is 2. The van der Waals surface area contributed by atoms with Crippen molar-refractivity contribution in [2.24, 2.45) is 7.05 Å². The van der Waals surface area contributed by atoms with Crippen LogP contribution in [0, 0.1) is 5.82 Å². The van der Waals surface area contributed by atoms with Crippen molar-refractivity contribution in [1.29, 1.82) is 0 Å². The van der Waals surface area contributed by atoms with E-state index < -0.39 is 6.41 Å². The zero-order valence-corrected chi connectivity index (χ0v) is 25.0. The van der Waals surface area contributed by atoms with Crippen LogP contribution in [0.15, 0.2) is 54.2 Å². The van der Waals surface area contributed by atoms with Crippen LogP contribution in [0.25, 0.3) is 17.2 Å². The van der Waals surface area contributed by atoms with Crippen molar-refractivity contribution in [2.45, 2.75) is 26.3 Å². The first-order valence-corrected chi connectivity index (χ1v) is 13.7. The lowest BCUT2D eigenvalue weighted by Crippen LogP contribution is -2.38. The molecule has 3 N–H and O–H groups in total. The van der Waals surface area contributed by atoms with Crippen LogP contribution in [0.4, 0.5) is 4.39 Å². The van der Waals surface area contributed by atoms with E-state index in [9.17, 15) is 14.3 Å². The van der Waals surface area contributed by atoms with Crippen LogP contribution < -0.4 is 24.8 Å². The highest BCUT2D eigenvalue weighted by molar-refractivity contribution is 6.08. The van der Waals surface area contributed by atoms with Crippen molar-refractivity contribution < 1.29 is 28.5 Å². The maximum absolute atomic E-state index is 14.4. The fourth-order valence-electron chi connectivity index (χ4n) is 4.90. The summed E-state index contributed by atoms with van der Waals surface area (Å²) < 4.78 is 33.2. The Morgan fingerprint density at radius 1 is 1.12 bits per heavy atom. The summed E-state index contributed by atoms with van der Waals surface area (Å²) in [5.74, 6) is 0.475. The van der Waals surface area contributed by atoms with Gasteiger partial charge in [-0.2, -0.15) is 0 Å². The third kappa shape index (κ3) is 7.20. The standard InChI is InChI=1S/C32H39FN4O5/c1-20-25(14-21-15-28(40-5)31(29(16-21)41-6)42-32(39)34-11-13-36(2)3)24-10-9-22(33)17-27(24)26(20)18-30(38)35-19-23-8-7-12-37(23)4/h7-10,12,14-17,32,34,39H,11,13,18-19H2,1-6H3,(H,35,38)/b25-14-. The monoisotopic (exact) mass is 578 g/mol. The average molecular weight is 579 g/mol. The Hall–Kier alpha value is -4.12. The van der Waals surface area contributed by atoms with E-state index in [-0.39, 0.29) is 23.9 Å². The van der Waals surface area contributed by atoms with Crippen LogP contribution >= 0.6 is 0 Å². The van der Waals surface area contributed by atoms with E-state index >= 15 is 0 Å². The summed E-state index contributed by atoms with van der Waals surface area (Å²) in [5, 5.41) is 16.3. The number of rotatable bonds is 13. The molecule has 0 aliphatic heterocycles. The number of aromatic nitrogens is 1. The molecular weight excluding hydrogens is 539 g/mol. The molecular formula is C32H39FN4O5. The van der Waals surface area contributed by atoms with Gasteiger partial charge in [-0.3, -0.25) is 10.1 Å². The first kappa shape index (κ1) is 30.8. The molecule has 0 saturated heterocycles. The summed E-state index contributed by atoms with van der Waals surface area (Å²) in [6, 6.07) is 12.1. The normalized spacial score (nSPS) is 14.4. The first-order chi connectivity index (χ1) is 20.1. The average Bonchev–Trinajstić information content (AvgIpc) is 3.47. The Morgan fingerprint density at radius 2 is 1.83 bits per heavy atom. The number of aliphatic hydroxyl groups is 1. The van der Waals surface area contributed by atoms with Gasteiger partial charge >= 0.3 is 0 Å². The molecule has 3 aromatic rings. The van der Waals surface area contributed by atoms with Crippen LogP contribution in [0.5, 0.6) is 17.2 Å². The molecule has 0 spiro atoms. The maximum Gasteiger partial charge on any atom is 0.257 e. The second-order valence-corrected chi connectivity index (χ2v) is 10.4. The number of allylic oxidation sites excluding steroid dienone is 2. The van der Waals surface area contributed by atoms with Crippen molar-refractivity contribution in [1.82, 2.24) is 20.1 Å². The van der Waals surface area contributed by atoms with Gasteiger partial charge in [-0.15, -0.1) is 0 Å². The molecule has 1 unspecified atom stereocenters. The fourth-order valence-corrected chi connectivity index (χ4v) is 4.90. The summed E-state index contributed by atoms with van der Waals surface area (Å²) >= 11 is 0. The van der Waals surface area contributed by atoms with Crippen LogP contribution in [-0.2, 0) is 18.4 Å². The number of likely N-dealkylation sites (N-methyl/N-ethyl adjacent to an activating group) is 1. The minimum absolute atomic E-state index is 0.113. The highest BCUT2D eigenvalue weighted by atomic mass is 19.1. The molecule has 1 aliphatic rings. The van der Waals surface area contributed by atoms with Gasteiger partial charge in [0.1, 0.15) is 5.82 Å². The lowest BCUT2D eigenvalue weighted by Gasteiger charge is -2.20. The molecule has 1 amide bonds. The molecule has 1 atom stereocenters. The number of ether oxygens (including phenoxy) is 3. The van der Waals surface area contributed by atoms with Gasteiger partial charge in [0.2, 0.25) is 11.7 Å². The molecule has 0 radical (unpaired) electrons. The number of carbonyl (C=O) groups excluding carboxylic acids is 1. The Balaban J connectivity index is 1.62. The first-order valence-electron chi connectivity index (χ1n) is 13.7. The Morgan fingerprint density at radius 3 is 2.45 bits per heavy atom. The van der Waals surface area contributed by atoms with Gasteiger partial charge in [0, 0.05) is 32.0 Å². The zero-order valence-electron chi connectivity index (χ0n) is 25.0. The SMILES string of the molecule is COc1cc(/C=C2/C(C)=C(CC(=O)NCc3cccn3C)c3cc(F)ccc32)cc(OC)c1OC(O)NCCN(C)C. The molecule has 1 aromatic heterocycles. The Kier molecular flexibility index (Phi) is 10.1. The molecule has 4 rings (SSSR count). The van der Waals surface area contributed by atoms with Gasteiger partial charge in [-0.1, -0.05) is 6.07 Å². The lowest BCUT2D eigenvalue weighted by atomic mass is 10.00. The third-order valence-electron chi connectivity index (χ3n) is 7.21. The minimum atomic E-state index is -1.27. The predicted octanol–water partition coefficient (Wildman–Crippen LogP) is 4.02. The van der Waals surface area contributed by atoms with E-state index in [0.717, 1.165) is 40.1 Å². The largest absolute Gasteiger partial charge is 0.493 e. The second kappa shape index (κ2) is 13.7. The van der Waals surface area contributed by atoms with Crippen molar-refractivity contribution in [3.05, 3.63) is 82.4 Å². The predicted molar refractivity (Wildman–Crippen MR) is 161 cm³/mol. The van der Waals surface area contributed by atoms with Crippen LogP contribution in [-0.4, -0.2) is 68.3 Å². The zero-order chi connectivity index (χ0) is 30.4. The molecule has 1 aliphatic carbocycles. The highest BCUT2D eigenvalue weighted by Crippen LogP contribution is 2.45. The van der Waals surface area contributed by atoms with E-state index in [0.29, 0.717) is 30.2 Å². The molecule has 10 heteroatoms. The summed E-state index contributed by atoms with van der Waals surface area (Å²) in [6.07, 6.45) is 2.72. The molecule has 0 fully saturated rings. The summed E-state index contributed by atoms with van der Waals surface area (Å²) in [7, 11) is 8.82. The molecule has 224 valence electrons. The highest BCUT2D eigenvalue weighted by Gasteiger charge is 2.26. The number of hydrogen-bond donors (Lipinski definition) is 3. The molecule has 0 saturated carbocycles. The van der Waals surface area contributed by atoms with Crippen LogP contribution in [0.3, 0.4) is 0 Å². The van der Waals surface area contributed by atoms with Crippen molar-refractivity contribution in [2.75, 3.05) is 41.4 Å².